The number of hydrogen-bond donors (Lipinski definition) is 2. The van der Waals surface area contributed by atoms with Gasteiger partial charge < -0.3 is 10.1 Å². The van der Waals surface area contributed by atoms with Gasteiger partial charge in [0.1, 0.15) is 0 Å². The molecular formula is C16H24N2O2. The number of carbonyl (C=O) groups excluding carboxylic acids is 1. The molecule has 1 saturated carbocycles. The second kappa shape index (κ2) is 7.17. The quantitative estimate of drug-likeness (QED) is 0.870. The van der Waals surface area contributed by atoms with Crippen LogP contribution in [0.4, 0.5) is 16.2 Å². The Kier molecular flexibility index (Phi) is 5.27. The molecule has 20 heavy (non-hydrogen) atoms. The monoisotopic (exact) mass is 276 g/mol. The minimum Gasteiger partial charge on any atom is -0.453 e. The first kappa shape index (κ1) is 14.7. The van der Waals surface area contributed by atoms with E-state index < -0.39 is 6.09 Å². The van der Waals surface area contributed by atoms with E-state index in [0.717, 1.165) is 29.8 Å². The van der Waals surface area contributed by atoms with E-state index in [4.69, 9.17) is 0 Å². The number of ether oxygens (including phenoxy) is 1. The minimum atomic E-state index is -0.441. The van der Waals surface area contributed by atoms with Crippen LogP contribution in [-0.2, 0) is 4.74 Å². The summed E-state index contributed by atoms with van der Waals surface area (Å²) in [6, 6.07) is 7.74. The maximum atomic E-state index is 11.2. The van der Waals surface area contributed by atoms with Crippen molar-refractivity contribution < 1.29 is 9.53 Å². The van der Waals surface area contributed by atoms with Crippen LogP contribution in [0.2, 0.25) is 0 Å². The van der Waals surface area contributed by atoms with Crippen LogP contribution < -0.4 is 10.6 Å². The molecule has 0 aliphatic heterocycles. The van der Waals surface area contributed by atoms with Gasteiger partial charge in [-0.05, 0) is 42.9 Å². The summed E-state index contributed by atoms with van der Waals surface area (Å²) in [6.45, 7) is 3.35. The normalized spacial score (nSPS) is 22.1. The van der Waals surface area contributed by atoms with E-state index in [1.807, 2.05) is 24.3 Å². The standard InChI is InChI=1S/C16H24N2O2/c1-12-5-3-6-13(9-12)11-17-14-7-4-8-15(10-14)18-16(19)20-2/h4,7-8,10,12-13,17H,3,5-6,9,11H2,1-2H3,(H,18,19). The van der Waals surface area contributed by atoms with Crippen LogP contribution in [0.15, 0.2) is 24.3 Å². The zero-order valence-corrected chi connectivity index (χ0v) is 12.3. The molecule has 0 heterocycles. The van der Waals surface area contributed by atoms with Gasteiger partial charge in [0, 0.05) is 17.9 Å². The molecule has 110 valence electrons. The van der Waals surface area contributed by atoms with Crippen LogP contribution in [0.5, 0.6) is 0 Å². The van der Waals surface area contributed by atoms with Gasteiger partial charge in [0.05, 0.1) is 7.11 Å². The van der Waals surface area contributed by atoms with Gasteiger partial charge in [0.15, 0.2) is 0 Å². The molecule has 0 saturated heterocycles. The molecule has 1 aromatic rings. The van der Waals surface area contributed by atoms with Crippen molar-refractivity contribution in [3.63, 3.8) is 0 Å². The molecule has 2 N–H and O–H groups in total. The molecule has 1 aromatic carbocycles. The Balaban J connectivity index is 1.86. The molecule has 0 bridgehead atoms. The van der Waals surface area contributed by atoms with Crippen molar-refractivity contribution in [2.75, 3.05) is 24.3 Å². The number of hydrogen-bond acceptors (Lipinski definition) is 3. The molecule has 1 amide bonds. The van der Waals surface area contributed by atoms with Gasteiger partial charge in [-0.15, -0.1) is 0 Å². The largest absolute Gasteiger partial charge is 0.453 e. The van der Waals surface area contributed by atoms with E-state index in [1.54, 1.807) is 0 Å². The average Bonchev–Trinajstić information content (AvgIpc) is 2.45. The third-order valence-corrected chi connectivity index (χ3v) is 3.93. The Morgan fingerprint density at radius 1 is 1.35 bits per heavy atom. The Morgan fingerprint density at radius 3 is 2.90 bits per heavy atom. The lowest BCUT2D eigenvalue weighted by molar-refractivity contribution is 0.187. The fourth-order valence-electron chi connectivity index (χ4n) is 2.88. The summed E-state index contributed by atoms with van der Waals surface area (Å²) in [7, 11) is 1.36. The zero-order valence-electron chi connectivity index (χ0n) is 12.3. The molecule has 2 unspecified atom stereocenters. The van der Waals surface area contributed by atoms with Gasteiger partial charge in [-0.3, -0.25) is 5.32 Å². The third-order valence-electron chi connectivity index (χ3n) is 3.93. The lowest BCUT2D eigenvalue weighted by atomic mass is 9.82. The summed E-state index contributed by atoms with van der Waals surface area (Å²) < 4.78 is 4.59. The van der Waals surface area contributed by atoms with Gasteiger partial charge in [0.2, 0.25) is 0 Å². The maximum Gasteiger partial charge on any atom is 0.411 e. The van der Waals surface area contributed by atoms with Gasteiger partial charge in [0.25, 0.3) is 0 Å². The summed E-state index contributed by atoms with van der Waals surface area (Å²) in [5, 5.41) is 6.15. The van der Waals surface area contributed by atoms with Crippen molar-refractivity contribution in [3.05, 3.63) is 24.3 Å². The molecule has 1 fully saturated rings. The first-order valence-electron chi connectivity index (χ1n) is 7.36. The van der Waals surface area contributed by atoms with Gasteiger partial charge in [-0.1, -0.05) is 25.8 Å². The number of carbonyl (C=O) groups is 1. The van der Waals surface area contributed by atoms with Gasteiger partial charge in [-0.2, -0.15) is 0 Å². The second-order valence-corrected chi connectivity index (χ2v) is 5.72. The third kappa shape index (κ3) is 4.44. The minimum absolute atomic E-state index is 0.441. The van der Waals surface area contributed by atoms with Crippen molar-refractivity contribution in [1.82, 2.24) is 0 Å². The molecule has 4 heteroatoms. The molecular weight excluding hydrogens is 252 g/mol. The topological polar surface area (TPSA) is 50.4 Å². The van der Waals surface area contributed by atoms with E-state index in [-0.39, 0.29) is 0 Å². The first-order chi connectivity index (χ1) is 9.67. The van der Waals surface area contributed by atoms with Crippen LogP contribution in [0.25, 0.3) is 0 Å². The summed E-state index contributed by atoms with van der Waals surface area (Å²) in [5.41, 5.74) is 1.79. The van der Waals surface area contributed by atoms with Crippen molar-refractivity contribution in [2.45, 2.75) is 32.6 Å². The van der Waals surface area contributed by atoms with E-state index in [9.17, 15) is 4.79 Å². The highest BCUT2D eigenvalue weighted by atomic mass is 16.5. The van der Waals surface area contributed by atoms with Crippen LogP contribution in [0.3, 0.4) is 0 Å². The predicted molar refractivity (Wildman–Crippen MR) is 82.1 cm³/mol. The molecule has 4 nitrogen and oxygen atoms in total. The SMILES string of the molecule is COC(=O)Nc1cccc(NCC2CCCC(C)C2)c1. The molecule has 1 aliphatic carbocycles. The van der Waals surface area contributed by atoms with E-state index in [0.29, 0.717) is 0 Å². The first-order valence-corrected chi connectivity index (χ1v) is 7.36. The highest BCUT2D eigenvalue weighted by Gasteiger charge is 2.18. The summed E-state index contributed by atoms with van der Waals surface area (Å²) in [6.07, 6.45) is 4.90. The zero-order chi connectivity index (χ0) is 14.4. The average molecular weight is 276 g/mol. The molecule has 0 aromatic heterocycles. The van der Waals surface area contributed by atoms with Crippen molar-refractivity contribution in [3.8, 4) is 0 Å². The lowest BCUT2D eigenvalue weighted by Crippen LogP contribution is -2.21. The Hall–Kier alpha value is -1.71. The van der Waals surface area contributed by atoms with Gasteiger partial charge in [-0.25, -0.2) is 4.79 Å². The summed E-state index contributed by atoms with van der Waals surface area (Å²) in [4.78, 5) is 11.2. The number of rotatable bonds is 4. The van der Waals surface area contributed by atoms with Crippen molar-refractivity contribution >= 4 is 17.5 Å². The van der Waals surface area contributed by atoms with E-state index in [2.05, 4.69) is 22.3 Å². The Morgan fingerprint density at radius 2 is 2.15 bits per heavy atom. The van der Waals surface area contributed by atoms with Crippen LogP contribution in [0.1, 0.15) is 32.6 Å². The highest BCUT2D eigenvalue weighted by Crippen LogP contribution is 2.28. The molecule has 0 radical (unpaired) electrons. The fourth-order valence-corrected chi connectivity index (χ4v) is 2.88. The molecule has 2 atom stereocenters. The second-order valence-electron chi connectivity index (χ2n) is 5.72. The molecule has 1 aliphatic rings. The summed E-state index contributed by atoms with van der Waals surface area (Å²) in [5.74, 6) is 1.61. The number of benzene rings is 1. The Labute approximate surface area is 120 Å². The molecule has 0 spiro atoms. The van der Waals surface area contributed by atoms with E-state index in [1.165, 1.54) is 32.8 Å². The smallest absolute Gasteiger partial charge is 0.411 e. The van der Waals surface area contributed by atoms with Crippen LogP contribution >= 0.6 is 0 Å². The van der Waals surface area contributed by atoms with Gasteiger partial charge >= 0.3 is 6.09 Å². The van der Waals surface area contributed by atoms with E-state index >= 15 is 0 Å². The van der Waals surface area contributed by atoms with Crippen LogP contribution in [0, 0.1) is 11.8 Å². The predicted octanol–water partition coefficient (Wildman–Crippen LogP) is 4.10. The number of anilines is 2. The van der Waals surface area contributed by atoms with Crippen LogP contribution in [-0.4, -0.2) is 19.7 Å². The Bertz CT molecular complexity index is 448. The maximum absolute atomic E-state index is 11.2. The number of methoxy groups -OCH3 is 1. The summed E-state index contributed by atoms with van der Waals surface area (Å²) >= 11 is 0. The molecule has 2 rings (SSSR count). The number of nitrogens with one attached hydrogen (secondary N) is 2. The van der Waals surface area contributed by atoms with Crippen molar-refractivity contribution in [2.24, 2.45) is 11.8 Å². The lowest BCUT2D eigenvalue weighted by Gasteiger charge is -2.27. The number of amides is 1. The van der Waals surface area contributed by atoms with Crippen molar-refractivity contribution in [1.29, 1.82) is 0 Å². The fraction of sp³-hybridized carbons (Fsp3) is 0.562. The highest BCUT2D eigenvalue weighted by molar-refractivity contribution is 5.85.